The van der Waals surface area contributed by atoms with Crippen LogP contribution in [0.25, 0.3) is 0 Å². The molecule has 0 bridgehead atoms. The Morgan fingerprint density at radius 2 is 2.00 bits per heavy atom. The van der Waals surface area contributed by atoms with Gasteiger partial charge in [-0.15, -0.1) is 24.0 Å². The molecule has 3 N–H and O–H groups in total. The van der Waals surface area contributed by atoms with Crippen molar-refractivity contribution >= 4 is 39.8 Å². The molecule has 0 aliphatic rings. The summed E-state index contributed by atoms with van der Waals surface area (Å²) in [5.74, 6) is 1.99. The lowest BCUT2D eigenvalue weighted by Crippen LogP contribution is -2.40. The van der Waals surface area contributed by atoms with E-state index in [1.165, 1.54) is 6.26 Å². The summed E-state index contributed by atoms with van der Waals surface area (Å²) in [6, 6.07) is 1.82. The Bertz CT molecular complexity index is 701. The summed E-state index contributed by atoms with van der Waals surface area (Å²) in [4.78, 5) is 4.42. The lowest BCUT2D eigenvalue weighted by Gasteiger charge is -2.21. The molecule has 1 aromatic rings. The first-order valence-corrected chi connectivity index (χ1v) is 10.7. The van der Waals surface area contributed by atoms with E-state index in [9.17, 15) is 13.5 Å². The van der Waals surface area contributed by atoms with Gasteiger partial charge in [-0.2, -0.15) is 0 Å². The second-order valence-electron chi connectivity index (χ2n) is 6.46. The van der Waals surface area contributed by atoms with Crippen molar-refractivity contribution in [2.24, 2.45) is 4.99 Å². The van der Waals surface area contributed by atoms with Gasteiger partial charge in [0.1, 0.15) is 27.0 Å². The maximum Gasteiger partial charge on any atom is 0.191 e. The molecule has 27 heavy (non-hydrogen) atoms. The monoisotopic (exact) mass is 517 g/mol. The van der Waals surface area contributed by atoms with Crippen molar-refractivity contribution in [3.63, 3.8) is 0 Å². The van der Waals surface area contributed by atoms with Crippen LogP contribution in [0.4, 0.5) is 0 Å². The number of hydrogen-bond donors (Lipinski definition) is 3. The standard InChI is InChI=1S/C17H31N3O5S.HI/c1-6-18-16(19-7-8-24-9-10-26(5,22)23)20-12-17(4,21)15-11-13(2)25-14(15)3;/h11,21H,6-10,12H2,1-5H3,(H2,18,19,20);1H. The zero-order valence-electron chi connectivity index (χ0n) is 16.7. The molecule has 0 saturated carbocycles. The molecule has 0 spiro atoms. The van der Waals surface area contributed by atoms with Gasteiger partial charge in [0.2, 0.25) is 0 Å². The third-order valence-electron chi connectivity index (χ3n) is 3.65. The molecule has 0 saturated heterocycles. The Kier molecular flexibility index (Phi) is 11.5. The smallest absolute Gasteiger partial charge is 0.191 e. The molecule has 0 aliphatic heterocycles. The zero-order valence-corrected chi connectivity index (χ0v) is 19.8. The van der Waals surface area contributed by atoms with Crippen molar-refractivity contribution in [3.05, 3.63) is 23.2 Å². The number of nitrogens with one attached hydrogen (secondary N) is 2. The Hall–Kier alpha value is -0.850. The fraction of sp³-hybridized carbons (Fsp3) is 0.706. The fourth-order valence-electron chi connectivity index (χ4n) is 2.38. The maximum atomic E-state index is 11.0. The van der Waals surface area contributed by atoms with Gasteiger partial charge < -0.3 is 24.9 Å². The van der Waals surface area contributed by atoms with Crippen molar-refractivity contribution in [1.29, 1.82) is 0 Å². The third-order valence-corrected chi connectivity index (χ3v) is 4.56. The van der Waals surface area contributed by atoms with Gasteiger partial charge in [0.05, 0.1) is 25.5 Å². The van der Waals surface area contributed by atoms with Gasteiger partial charge in [0.25, 0.3) is 0 Å². The van der Waals surface area contributed by atoms with Crippen molar-refractivity contribution in [1.82, 2.24) is 10.6 Å². The lowest BCUT2D eigenvalue weighted by molar-refractivity contribution is 0.0656. The molecule has 0 fully saturated rings. The normalized spacial score (nSPS) is 14.4. The van der Waals surface area contributed by atoms with E-state index in [0.29, 0.717) is 31.4 Å². The molecular weight excluding hydrogens is 485 g/mol. The van der Waals surface area contributed by atoms with E-state index in [0.717, 1.165) is 11.3 Å². The maximum absolute atomic E-state index is 11.0. The predicted molar refractivity (Wildman–Crippen MR) is 118 cm³/mol. The SMILES string of the molecule is CCNC(=NCC(C)(O)c1cc(C)oc1C)NCCOCCS(C)(=O)=O.I. The summed E-state index contributed by atoms with van der Waals surface area (Å²) in [6.45, 7) is 9.14. The van der Waals surface area contributed by atoms with Crippen LogP contribution in [0.1, 0.15) is 30.9 Å². The number of sulfone groups is 1. The van der Waals surface area contributed by atoms with Gasteiger partial charge in [-0.3, -0.25) is 0 Å². The van der Waals surface area contributed by atoms with E-state index < -0.39 is 15.4 Å². The number of guanidine groups is 1. The van der Waals surface area contributed by atoms with Crippen LogP contribution in [0.3, 0.4) is 0 Å². The molecular formula is C17H32IN3O5S. The van der Waals surface area contributed by atoms with Crippen LogP contribution in [0.5, 0.6) is 0 Å². The number of rotatable bonds is 10. The first-order chi connectivity index (χ1) is 12.0. The highest BCUT2D eigenvalue weighted by Crippen LogP contribution is 2.27. The summed E-state index contributed by atoms with van der Waals surface area (Å²) >= 11 is 0. The molecule has 10 heteroatoms. The quantitative estimate of drug-likeness (QED) is 0.186. The molecule has 0 aromatic carbocycles. The molecule has 0 aliphatic carbocycles. The zero-order chi connectivity index (χ0) is 19.8. The topological polar surface area (TPSA) is 113 Å². The molecule has 158 valence electrons. The lowest BCUT2D eigenvalue weighted by atomic mass is 9.96. The van der Waals surface area contributed by atoms with Crippen LogP contribution in [-0.2, 0) is 20.2 Å². The third kappa shape index (κ3) is 10.3. The average molecular weight is 517 g/mol. The van der Waals surface area contributed by atoms with Crippen LogP contribution in [-0.4, -0.2) is 64.3 Å². The van der Waals surface area contributed by atoms with Crippen molar-refractivity contribution < 1.29 is 22.7 Å². The number of aryl methyl sites for hydroxylation is 2. The van der Waals surface area contributed by atoms with Gasteiger partial charge >= 0.3 is 0 Å². The Morgan fingerprint density at radius 3 is 2.52 bits per heavy atom. The minimum Gasteiger partial charge on any atom is -0.466 e. The van der Waals surface area contributed by atoms with Crippen LogP contribution in [0, 0.1) is 13.8 Å². The van der Waals surface area contributed by atoms with E-state index in [1.54, 1.807) is 6.92 Å². The first kappa shape index (κ1) is 26.1. The summed E-state index contributed by atoms with van der Waals surface area (Å²) < 4.78 is 32.8. The predicted octanol–water partition coefficient (Wildman–Crippen LogP) is 1.34. The van der Waals surface area contributed by atoms with Gasteiger partial charge in [0.15, 0.2) is 5.96 Å². The minimum absolute atomic E-state index is 0. The average Bonchev–Trinajstić information content (AvgIpc) is 2.86. The molecule has 0 radical (unpaired) electrons. The first-order valence-electron chi connectivity index (χ1n) is 8.62. The highest BCUT2D eigenvalue weighted by Gasteiger charge is 2.27. The van der Waals surface area contributed by atoms with Crippen molar-refractivity contribution in [3.8, 4) is 0 Å². The van der Waals surface area contributed by atoms with Crippen molar-refractivity contribution in [2.45, 2.75) is 33.3 Å². The largest absolute Gasteiger partial charge is 0.466 e. The molecule has 1 rings (SSSR count). The molecule has 0 amide bonds. The van der Waals surface area contributed by atoms with E-state index >= 15 is 0 Å². The van der Waals surface area contributed by atoms with Gasteiger partial charge in [0, 0.05) is 24.9 Å². The summed E-state index contributed by atoms with van der Waals surface area (Å²) in [5, 5.41) is 16.9. The van der Waals surface area contributed by atoms with Gasteiger partial charge in [-0.1, -0.05) is 0 Å². The Morgan fingerprint density at radius 1 is 1.33 bits per heavy atom. The minimum atomic E-state index is -3.01. The second kappa shape index (κ2) is 11.9. The van der Waals surface area contributed by atoms with Crippen LogP contribution in [0.15, 0.2) is 15.5 Å². The highest BCUT2D eigenvalue weighted by molar-refractivity contribution is 14.0. The Balaban J connectivity index is 0.00000676. The number of aliphatic hydroxyl groups is 1. The van der Waals surface area contributed by atoms with Crippen LogP contribution < -0.4 is 10.6 Å². The van der Waals surface area contributed by atoms with E-state index in [-0.39, 0.29) is 42.9 Å². The number of aliphatic imine (C=N–C) groups is 1. The Labute approximate surface area is 179 Å². The fourth-order valence-corrected chi connectivity index (χ4v) is 2.80. The summed E-state index contributed by atoms with van der Waals surface area (Å²) in [6.07, 6.45) is 1.18. The van der Waals surface area contributed by atoms with Gasteiger partial charge in [-0.05, 0) is 33.8 Å². The van der Waals surface area contributed by atoms with Crippen LogP contribution in [0.2, 0.25) is 0 Å². The van der Waals surface area contributed by atoms with E-state index in [2.05, 4.69) is 15.6 Å². The number of halogens is 1. The highest BCUT2D eigenvalue weighted by atomic mass is 127. The van der Waals surface area contributed by atoms with Crippen LogP contribution >= 0.6 is 24.0 Å². The second-order valence-corrected chi connectivity index (χ2v) is 8.72. The molecule has 8 nitrogen and oxygen atoms in total. The van der Waals surface area contributed by atoms with Gasteiger partial charge in [-0.25, -0.2) is 13.4 Å². The molecule has 1 aromatic heterocycles. The van der Waals surface area contributed by atoms with Crippen molar-refractivity contribution in [2.75, 3.05) is 44.9 Å². The number of furan rings is 1. The van der Waals surface area contributed by atoms with E-state index in [1.807, 2.05) is 26.8 Å². The molecule has 1 atom stereocenters. The van der Waals surface area contributed by atoms with E-state index in [4.69, 9.17) is 9.15 Å². The summed E-state index contributed by atoms with van der Waals surface area (Å²) in [5.41, 5.74) is -0.422. The number of hydrogen-bond acceptors (Lipinski definition) is 6. The number of nitrogens with zero attached hydrogens (tertiary/aromatic N) is 1. The molecule has 1 unspecified atom stereocenters. The summed E-state index contributed by atoms with van der Waals surface area (Å²) in [7, 11) is -3.01. The molecule has 1 heterocycles. The number of ether oxygens (including phenoxy) is 1.